The Balaban J connectivity index is 1.20. The molecule has 0 bridgehead atoms. The molecule has 0 N–H and O–H groups in total. The second kappa shape index (κ2) is 9.19. The van der Waals surface area contributed by atoms with Crippen LogP contribution in [-0.2, 0) is 5.41 Å². The molecule has 8 aromatic carbocycles. The van der Waals surface area contributed by atoms with Gasteiger partial charge in [-0.05, 0) is 95.2 Å². The van der Waals surface area contributed by atoms with Crippen LogP contribution in [0.4, 0.5) is 0 Å². The van der Waals surface area contributed by atoms with Crippen LogP contribution >= 0.6 is 0 Å². The fourth-order valence-electron chi connectivity index (χ4n) is 8.30. The highest BCUT2D eigenvalue weighted by Gasteiger charge is 2.37. The van der Waals surface area contributed by atoms with Gasteiger partial charge in [-0.15, -0.1) is 0 Å². The van der Waals surface area contributed by atoms with Crippen molar-refractivity contribution in [1.82, 2.24) is 0 Å². The van der Waals surface area contributed by atoms with Gasteiger partial charge < -0.3 is 4.74 Å². The van der Waals surface area contributed by atoms with Gasteiger partial charge in [-0.1, -0.05) is 141 Å². The van der Waals surface area contributed by atoms with Gasteiger partial charge in [0.1, 0.15) is 11.5 Å². The van der Waals surface area contributed by atoms with Crippen molar-refractivity contribution in [3.05, 3.63) is 157 Å². The number of para-hydroxylation sites is 1. The van der Waals surface area contributed by atoms with Crippen molar-refractivity contribution in [3.8, 4) is 56.0 Å². The molecule has 8 aromatic rings. The maximum atomic E-state index is 6.41. The molecule has 1 nitrogen and oxygen atoms in total. The molecule has 0 fully saturated rings. The molecule has 1 aliphatic heterocycles. The van der Waals surface area contributed by atoms with E-state index in [9.17, 15) is 0 Å². The van der Waals surface area contributed by atoms with Gasteiger partial charge >= 0.3 is 0 Å². The minimum atomic E-state index is -0.0929. The maximum Gasteiger partial charge on any atom is 0.135 e. The third-order valence-corrected chi connectivity index (χ3v) is 10.5. The molecule has 0 saturated heterocycles. The van der Waals surface area contributed by atoms with E-state index in [-0.39, 0.29) is 5.41 Å². The molecule has 0 spiro atoms. The number of hydrogen-bond donors (Lipinski definition) is 0. The number of benzene rings is 8. The quantitative estimate of drug-likeness (QED) is 0.196. The average molecular weight is 587 g/mol. The van der Waals surface area contributed by atoms with Crippen molar-refractivity contribution in [2.45, 2.75) is 19.3 Å². The summed E-state index contributed by atoms with van der Waals surface area (Å²) in [7, 11) is 0. The Morgan fingerprint density at radius 3 is 2.00 bits per heavy atom. The number of fused-ring (bicyclic) bond motifs is 8. The molecule has 1 heterocycles. The highest BCUT2D eigenvalue weighted by atomic mass is 16.5. The summed E-state index contributed by atoms with van der Waals surface area (Å²) in [6, 6.07) is 53.4. The molecule has 0 aromatic heterocycles. The van der Waals surface area contributed by atoms with Gasteiger partial charge in [0.05, 0.1) is 0 Å². The van der Waals surface area contributed by atoms with Crippen molar-refractivity contribution in [3.63, 3.8) is 0 Å². The third kappa shape index (κ3) is 3.40. The lowest BCUT2D eigenvalue weighted by atomic mass is 9.81. The number of ether oxygens (including phenoxy) is 1. The van der Waals surface area contributed by atoms with Crippen LogP contribution < -0.4 is 4.74 Å². The predicted octanol–water partition coefficient (Wildman–Crippen LogP) is 12.6. The summed E-state index contributed by atoms with van der Waals surface area (Å²) in [5.41, 5.74) is 12.8. The van der Waals surface area contributed by atoms with E-state index in [1.165, 1.54) is 82.4 Å². The van der Waals surface area contributed by atoms with Crippen LogP contribution in [0.25, 0.3) is 76.8 Å². The van der Waals surface area contributed by atoms with Crippen LogP contribution in [0, 0.1) is 0 Å². The zero-order valence-corrected chi connectivity index (χ0v) is 25.8. The van der Waals surface area contributed by atoms with Crippen molar-refractivity contribution in [2.75, 3.05) is 0 Å². The van der Waals surface area contributed by atoms with Gasteiger partial charge in [0.2, 0.25) is 0 Å². The van der Waals surface area contributed by atoms with E-state index >= 15 is 0 Å². The van der Waals surface area contributed by atoms with Gasteiger partial charge in [0.25, 0.3) is 0 Å². The van der Waals surface area contributed by atoms with E-state index in [4.69, 9.17) is 4.74 Å². The molecule has 46 heavy (non-hydrogen) atoms. The van der Waals surface area contributed by atoms with Crippen LogP contribution in [0.1, 0.15) is 25.0 Å². The second-order valence-corrected chi connectivity index (χ2v) is 13.2. The molecule has 1 heteroatoms. The minimum absolute atomic E-state index is 0.0929. The minimum Gasteiger partial charge on any atom is -0.456 e. The average Bonchev–Trinajstić information content (AvgIpc) is 3.34. The first kappa shape index (κ1) is 25.6. The summed E-state index contributed by atoms with van der Waals surface area (Å²) >= 11 is 0. The summed E-state index contributed by atoms with van der Waals surface area (Å²) in [5.74, 6) is 1.84. The molecule has 1 aliphatic carbocycles. The van der Waals surface area contributed by atoms with Crippen molar-refractivity contribution < 1.29 is 4.74 Å². The van der Waals surface area contributed by atoms with Crippen LogP contribution in [-0.4, -0.2) is 0 Å². The normalized spacial score (nSPS) is 13.8. The smallest absolute Gasteiger partial charge is 0.135 e. The summed E-state index contributed by atoms with van der Waals surface area (Å²) in [5, 5.41) is 7.57. The summed E-state index contributed by atoms with van der Waals surface area (Å²) in [6.45, 7) is 4.74. The first-order valence-electron chi connectivity index (χ1n) is 16.1. The second-order valence-electron chi connectivity index (χ2n) is 13.2. The highest BCUT2D eigenvalue weighted by Crippen LogP contribution is 2.54. The van der Waals surface area contributed by atoms with Crippen molar-refractivity contribution in [1.29, 1.82) is 0 Å². The Labute approximate surface area is 268 Å². The molecule has 216 valence electrons. The topological polar surface area (TPSA) is 9.23 Å². The largest absolute Gasteiger partial charge is 0.456 e. The maximum absolute atomic E-state index is 6.41. The van der Waals surface area contributed by atoms with Gasteiger partial charge in [0, 0.05) is 16.4 Å². The molecule has 10 rings (SSSR count). The van der Waals surface area contributed by atoms with E-state index in [0.29, 0.717) is 0 Å². The Hall–Kier alpha value is -5.66. The van der Waals surface area contributed by atoms with Crippen LogP contribution in [0.3, 0.4) is 0 Å². The first-order valence-corrected chi connectivity index (χ1v) is 16.1. The van der Waals surface area contributed by atoms with Crippen LogP contribution in [0.15, 0.2) is 146 Å². The fraction of sp³-hybridized carbons (Fsp3) is 0.0667. The van der Waals surface area contributed by atoms with E-state index in [2.05, 4.69) is 153 Å². The fourth-order valence-corrected chi connectivity index (χ4v) is 8.30. The van der Waals surface area contributed by atoms with E-state index in [1.54, 1.807) is 0 Å². The first-order chi connectivity index (χ1) is 22.6. The van der Waals surface area contributed by atoms with Gasteiger partial charge in [-0.3, -0.25) is 0 Å². The Kier molecular flexibility index (Phi) is 5.12. The lowest BCUT2D eigenvalue weighted by Crippen LogP contribution is -2.14. The highest BCUT2D eigenvalue weighted by molar-refractivity contribution is 6.13. The van der Waals surface area contributed by atoms with E-state index < -0.39 is 0 Å². The summed E-state index contributed by atoms with van der Waals surface area (Å²) in [6.07, 6.45) is 0. The molecule has 2 aliphatic rings. The predicted molar refractivity (Wildman–Crippen MR) is 193 cm³/mol. The van der Waals surface area contributed by atoms with Gasteiger partial charge in [-0.2, -0.15) is 0 Å². The van der Waals surface area contributed by atoms with Crippen molar-refractivity contribution in [2.24, 2.45) is 0 Å². The molecule has 0 saturated carbocycles. The van der Waals surface area contributed by atoms with Crippen LogP contribution in [0.2, 0.25) is 0 Å². The SMILES string of the molecule is CC1(C)c2ccc(-c3ccc4c5c(cccc35)-c3ccccc3O4)cc2-c2c1ccc1c(-c3cccc4ccccc34)cccc21. The molecular formula is C45H30O. The molecule has 0 unspecified atom stereocenters. The standard InChI is InChI=1S/C45H30O/c1-45(2)39-23-20-28(30-22-25-42-44-35(30)16-9-18-37(44)34-13-5-6-19-41(34)46-42)26-38(39)43-36-17-8-15-32(33(36)21-24-40(43)45)31-14-7-11-27-10-3-4-12-29(27)31/h3-26H,1-2H3. The summed E-state index contributed by atoms with van der Waals surface area (Å²) < 4.78 is 6.41. The summed E-state index contributed by atoms with van der Waals surface area (Å²) in [4.78, 5) is 0. The monoisotopic (exact) mass is 586 g/mol. The Morgan fingerprint density at radius 2 is 1.09 bits per heavy atom. The number of hydrogen-bond acceptors (Lipinski definition) is 1. The zero-order chi connectivity index (χ0) is 30.6. The molecule has 0 atom stereocenters. The Bertz CT molecular complexity index is 2580. The third-order valence-electron chi connectivity index (χ3n) is 10.5. The lowest BCUT2D eigenvalue weighted by molar-refractivity contribution is 0.487. The van der Waals surface area contributed by atoms with E-state index in [0.717, 1.165) is 17.1 Å². The number of rotatable bonds is 2. The zero-order valence-electron chi connectivity index (χ0n) is 25.8. The van der Waals surface area contributed by atoms with Gasteiger partial charge in [0.15, 0.2) is 0 Å². The molecule has 0 amide bonds. The molecule has 0 radical (unpaired) electrons. The van der Waals surface area contributed by atoms with E-state index in [1.807, 2.05) is 6.07 Å². The lowest BCUT2D eigenvalue weighted by Gasteiger charge is -2.23. The van der Waals surface area contributed by atoms with Gasteiger partial charge in [-0.25, -0.2) is 0 Å². The molecular weight excluding hydrogens is 556 g/mol. The Morgan fingerprint density at radius 1 is 0.413 bits per heavy atom. The van der Waals surface area contributed by atoms with Crippen LogP contribution in [0.5, 0.6) is 11.5 Å². The van der Waals surface area contributed by atoms with Crippen molar-refractivity contribution >= 4 is 32.3 Å².